The molecule has 0 radical (unpaired) electrons. The lowest BCUT2D eigenvalue weighted by Crippen LogP contribution is -2.20. The molecule has 0 unspecified atom stereocenters. The third-order valence-electron chi connectivity index (χ3n) is 1.26. The van der Waals surface area contributed by atoms with Gasteiger partial charge in [-0.1, -0.05) is 24.8 Å². The van der Waals surface area contributed by atoms with Gasteiger partial charge in [-0.2, -0.15) is 0 Å². The molecule has 0 atom stereocenters. The van der Waals surface area contributed by atoms with E-state index in [1.165, 1.54) is 5.48 Å². The van der Waals surface area contributed by atoms with Crippen LogP contribution in [0.2, 0.25) is 0 Å². The first-order valence-corrected chi connectivity index (χ1v) is 3.57. The van der Waals surface area contributed by atoms with Crippen molar-refractivity contribution < 1.29 is 14.7 Å². The van der Waals surface area contributed by atoms with Crippen LogP contribution in [0.5, 0.6) is 0 Å². The highest BCUT2D eigenvalue weighted by Crippen LogP contribution is 2.02. The van der Waals surface area contributed by atoms with E-state index in [9.17, 15) is 4.79 Å². The molecule has 1 amide bonds. The van der Waals surface area contributed by atoms with Crippen LogP contribution in [0.4, 0.5) is 4.79 Å². The van der Waals surface area contributed by atoms with Gasteiger partial charge < -0.3 is 4.74 Å². The summed E-state index contributed by atoms with van der Waals surface area (Å²) in [7, 11) is 0. The third kappa shape index (κ3) is 5.49. The van der Waals surface area contributed by atoms with Gasteiger partial charge in [0.1, 0.15) is 0 Å². The molecule has 0 heterocycles. The molecule has 0 bridgehead atoms. The summed E-state index contributed by atoms with van der Waals surface area (Å²) in [5, 5.41) is 8.03. The van der Waals surface area contributed by atoms with Crippen molar-refractivity contribution >= 4 is 6.09 Å². The number of carbonyl (C=O) groups is 1. The average molecular weight is 171 g/mol. The van der Waals surface area contributed by atoms with E-state index in [0.29, 0.717) is 6.42 Å². The molecule has 2 N–H and O–H groups in total. The van der Waals surface area contributed by atoms with Crippen molar-refractivity contribution in [3.63, 3.8) is 0 Å². The first kappa shape index (κ1) is 10.7. The zero-order valence-corrected chi connectivity index (χ0v) is 6.88. The Labute approximate surface area is 71.5 Å². The van der Waals surface area contributed by atoms with E-state index in [-0.39, 0.29) is 6.61 Å². The molecule has 0 saturated carbocycles. The SMILES string of the molecule is C=CC(=C)CCCOC(=O)NO. The molecule has 0 spiro atoms. The number of hydrogen-bond acceptors (Lipinski definition) is 3. The van der Waals surface area contributed by atoms with E-state index in [1.807, 2.05) is 0 Å². The third-order valence-corrected chi connectivity index (χ3v) is 1.26. The fourth-order valence-corrected chi connectivity index (χ4v) is 0.598. The fourth-order valence-electron chi connectivity index (χ4n) is 0.598. The summed E-state index contributed by atoms with van der Waals surface area (Å²) in [6.07, 6.45) is 2.24. The molecule has 4 heteroatoms. The fraction of sp³-hybridized carbons (Fsp3) is 0.375. The van der Waals surface area contributed by atoms with Crippen molar-refractivity contribution in [3.05, 3.63) is 24.8 Å². The summed E-state index contributed by atoms with van der Waals surface area (Å²) >= 11 is 0. The van der Waals surface area contributed by atoms with Crippen LogP contribution in [0.25, 0.3) is 0 Å². The number of hydrogen-bond donors (Lipinski definition) is 2. The molecular formula is C8H13NO3. The molecule has 68 valence electrons. The molecular weight excluding hydrogens is 158 g/mol. The van der Waals surface area contributed by atoms with Gasteiger partial charge in [-0.25, -0.2) is 10.3 Å². The van der Waals surface area contributed by atoms with Gasteiger partial charge >= 0.3 is 6.09 Å². The molecule has 12 heavy (non-hydrogen) atoms. The average Bonchev–Trinajstić information content (AvgIpc) is 2.11. The minimum Gasteiger partial charge on any atom is -0.448 e. The van der Waals surface area contributed by atoms with Crippen LogP contribution >= 0.6 is 0 Å². The summed E-state index contributed by atoms with van der Waals surface area (Å²) in [5.41, 5.74) is 2.27. The van der Waals surface area contributed by atoms with E-state index in [1.54, 1.807) is 6.08 Å². The number of amides is 1. The van der Waals surface area contributed by atoms with E-state index in [0.717, 1.165) is 12.0 Å². The quantitative estimate of drug-likeness (QED) is 0.286. The number of nitrogens with one attached hydrogen (secondary N) is 1. The Morgan fingerprint density at radius 1 is 1.67 bits per heavy atom. The molecule has 0 saturated heterocycles. The Bertz CT molecular complexity index is 177. The zero-order chi connectivity index (χ0) is 9.40. The molecule has 4 nitrogen and oxygen atoms in total. The highest BCUT2D eigenvalue weighted by atomic mass is 16.6. The first-order chi connectivity index (χ1) is 5.70. The van der Waals surface area contributed by atoms with E-state index >= 15 is 0 Å². The predicted octanol–water partition coefficient (Wildman–Crippen LogP) is 1.62. The van der Waals surface area contributed by atoms with Crippen LogP contribution in [0.1, 0.15) is 12.8 Å². The summed E-state index contributed by atoms with van der Waals surface area (Å²) in [5.74, 6) is 0. The highest BCUT2D eigenvalue weighted by Gasteiger charge is 1.97. The van der Waals surface area contributed by atoms with E-state index < -0.39 is 6.09 Å². The van der Waals surface area contributed by atoms with Crippen molar-refractivity contribution in [2.75, 3.05) is 6.61 Å². The number of carbonyl (C=O) groups excluding carboxylic acids is 1. The van der Waals surface area contributed by atoms with Crippen molar-refractivity contribution in [3.8, 4) is 0 Å². The van der Waals surface area contributed by atoms with Crippen LogP contribution in [0.3, 0.4) is 0 Å². The highest BCUT2D eigenvalue weighted by molar-refractivity contribution is 5.65. The Hall–Kier alpha value is -1.29. The van der Waals surface area contributed by atoms with Crippen molar-refractivity contribution in [1.82, 2.24) is 5.48 Å². The molecule has 0 aromatic rings. The Morgan fingerprint density at radius 3 is 2.83 bits per heavy atom. The van der Waals surface area contributed by atoms with Crippen LogP contribution in [0.15, 0.2) is 24.8 Å². The van der Waals surface area contributed by atoms with Crippen LogP contribution in [0, 0.1) is 0 Å². The van der Waals surface area contributed by atoms with Gasteiger partial charge in [0.05, 0.1) is 6.61 Å². The molecule has 0 aliphatic carbocycles. The Balaban J connectivity index is 3.27. The summed E-state index contributed by atoms with van der Waals surface area (Å²) < 4.78 is 4.51. The Kier molecular flexibility index (Phi) is 5.73. The lowest BCUT2D eigenvalue weighted by Gasteiger charge is -2.02. The van der Waals surface area contributed by atoms with Gasteiger partial charge in [-0.15, -0.1) is 0 Å². The maximum Gasteiger partial charge on any atom is 0.431 e. The lowest BCUT2D eigenvalue weighted by molar-refractivity contribution is 0.0884. The Morgan fingerprint density at radius 2 is 2.33 bits per heavy atom. The summed E-state index contributed by atoms with van der Waals surface area (Å²) in [4.78, 5) is 10.3. The molecule has 0 aromatic heterocycles. The van der Waals surface area contributed by atoms with Gasteiger partial charge in [0.2, 0.25) is 0 Å². The van der Waals surface area contributed by atoms with Crippen LogP contribution < -0.4 is 5.48 Å². The normalized spacial score (nSPS) is 8.75. The second-order valence-corrected chi connectivity index (χ2v) is 2.21. The number of rotatable bonds is 5. The minimum atomic E-state index is -0.834. The smallest absolute Gasteiger partial charge is 0.431 e. The van der Waals surface area contributed by atoms with Crippen molar-refractivity contribution in [2.24, 2.45) is 0 Å². The summed E-state index contributed by atoms with van der Waals surface area (Å²) in [6, 6.07) is 0. The zero-order valence-electron chi connectivity index (χ0n) is 6.88. The van der Waals surface area contributed by atoms with Crippen LogP contribution in [-0.4, -0.2) is 17.9 Å². The maximum atomic E-state index is 10.3. The van der Waals surface area contributed by atoms with Crippen molar-refractivity contribution in [1.29, 1.82) is 0 Å². The monoisotopic (exact) mass is 171 g/mol. The topological polar surface area (TPSA) is 58.6 Å². The van der Waals surface area contributed by atoms with E-state index in [4.69, 9.17) is 5.21 Å². The minimum absolute atomic E-state index is 0.263. The second kappa shape index (κ2) is 6.42. The standard InChI is InChI=1S/C8H13NO3/c1-3-7(2)5-4-6-12-8(10)9-11/h3,11H,1-2,4-6H2,(H,9,10). The molecule has 0 aliphatic rings. The predicted molar refractivity (Wildman–Crippen MR) is 44.8 cm³/mol. The molecule has 0 aromatic carbocycles. The van der Waals surface area contributed by atoms with Gasteiger partial charge in [0.25, 0.3) is 0 Å². The second-order valence-electron chi connectivity index (χ2n) is 2.21. The summed E-state index contributed by atoms with van der Waals surface area (Å²) in [6.45, 7) is 7.48. The van der Waals surface area contributed by atoms with E-state index in [2.05, 4.69) is 17.9 Å². The first-order valence-electron chi connectivity index (χ1n) is 3.57. The number of ether oxygens (including phenoxy) is 1. The van der Waals surface area contributed by atoms with Gasteiger partial charge in [0.15, 0.2) is 0 Å². The van der Waals surface area contributed by atoms with Crippen molar-refractivity contribution in [2.45, 2.75) is 12.8 Å². The van der Waals surface area contributed by atoms with Gasteiger partial charge in [-0.3, -0.25) is 5.21 Å². The van der Waals surface area contributed by atoms with Crippen LogP contribution in [-0.2, 0) is 4.74 Å². The largest absolute Gasteiger partial charge is 0.448 e. The maximum absolute atomic E-state index is 10.3. The molecule has 0 aliphatic heterocycles. The molecule has 0 fully saturated rings. The van der Waals surface area contributed by atoms with Gasteiger partial charge in [0, 0.05) is 0 Å². The lowest BCUT2D eigenvalue weighted by atomic mass is 10.2. The number of allylic oxidation sites excluding steroid dienone is 2. The number of hydroxylamine groups is 1. The molecule has 0 rings (SSSR count). The van der Waals surface area contributed by atoms with Gasteiger partial charge in [-0.05, 0) is 12.8 Å².